The summed E-state index contributed by atoms with van der Waals surface area (Å²) in [5.74, 6) is -0.106. The number of rotatable bonds is 5. The van der Waals surface area contributed by atoms with E-state index in [-0.39, 0.29) is 11.9 Å². The van der Waals surface area contributed by atoms with Gasteiger partial charge in [0.05, 0.1) is 17.4 Å². The number of hydrogen-bond donors (Lipinski definition) is 2. The summed E-state index contributed by atoms with van der Waals surface area (Å²) >= 11 is 5.97. The molecule has 0 aliphatic rings. The van der Waals surface area contributed by atoms with Crippen molar-refractivity contribution in [2.75, 3.05) is 0 Å². The number of halogens is 1. The molecule has 33 heavy (non-hydrogen) atoms. The van der Waals surface area contributed by atoms with Crippen LogP contribution >= 0.6 is 11.6 Å². The third-order valence-corrected chi connectivity index (χ3v) is 6.07. The van der Waals surface area contributed by atoms with Crippen molar-refractivity contribution in [1.82, 2.24) is 15.5 Å². The zero-order valence-electron chi connectivity index (χ0n) is 18.0. The molecule has 4 nitrogen and oxygen atoms in total. The molecule has 0 aliphatic heterocycles. The van der Waals surface area contributed by atoms with E-state index in [2.05, 4.69) is 39.8 Å². The lowest BCUT2D eigenvalue weighted by molar-refractivity contribution is 0.0940. The number of aromatic nitrogens is 2. The highest BCUT2D eigenvalue weighted by molar-refractivity contribution is 6.30. The number of carbonyl (C=O) groups excluding carboxylic acids is 1. The Labute approximate surface area is 197 Å². The number of H-pyrrole nitrogens is 1. The minimum Gasteiger partial charge on any atom is -0.345 e. The molecule has 0 saturated carbocycles. The summed E-state index contributed by atoms with van der Waals surface area (Å²) in [6.07, 6.45) is 0. The fraction of sp³-hybridized carbons (Fsp3) is 0.0714. The molecule has 5 aromatic rings. The molecule has 0 fully saturated rings. The fourth-order valence-electron chi connectivity index (χ4n) is 4.03. The van der Waals surface area contributed by atoms with E-state index >= 15 is 0 Å². The Balaban J connectivity index is 1.31. The third-order valence-electron chi connectivity index (χ3n) is 5.81. The Hall–Kier alpha value is -3.89. The monoisotopic (exact) mass is 451 g/mol. The van der Waals surface area contributed by atoms with Gasteiger partial charge in [-0.3, -0.25) is 9.89 Å². The van der Waals surface area contributed by atoms with Crippen molar-refractivity contribution in [3.05, 3.63) is 113 Å². The van der Waals surface area contributed by atoms with Crippen molar-refractivity contribution in [3.63, 3.8) is 0 Å². The number of carbonyl (C=O) groups is 1. The lowest BCUT2D eigenvalue weighted by atomic mass is 9.99. The number of aromatic amines is 1. The van der Waals surface area contributed by atoms with Crippen LogP contribution in [0.2, 0.25) is 5.02 Å². The summed E-state index contributed by atoms with van der Waals surface area (Å²) in [5, 5.41) is 13.6. The lowest BCUT2D eigenvalue weighted by Gasteiger charge is -2.17. The number of hydrogen-bond acceptors (Lipinski definition) is 2. The molecule has 4 aromatic carbocycles. The van der Waals surface area contributed by atoms with Crippen LogP contribution in [-0.4, -0.2) is 16.1 Å². The van der Waals surface area contributed by atoms with Gasteiger partial charge in [0.2, 0.25) is 0 Å². The highest BCUT2D eigenvalue weighted by Gasteiger charge is 2.14. The van der Waals surface area contributed by atoms with Gasteiger partial charge in [-0.25, -0.2) is 0 Å². The first-order valence-corrected chi connectivity index (χ1v) is 11.2. The van der Waals surface area contributed by atoms with E-state index in [0.717, 1.165) is 38.9 Å². The maximum atomic E-state index is 12.9. The first-order chi connectivity index (χ1) is 16.1. The van der Waals surface area contributed by atoms with Gasteiger partial charge >= 0.3 is 0 Å². The second-order valence-corrected chi connectivity index (χ2v) is 8.45. The van der Waals surface area contributed by atoms with E-state index in [0.29, 0.717) is 10.6 Å². The molecule has 0 aliphatic carbocycles. The third kappa shape index (κ3) is 4.38. The first kappa shape index (κ1) is 21.0. The minimum absolute atomic E-state index is 0.106. The van der Waals surface area contributed by atoms with Crippen LogP contribution in [0.1, 0.15) is 28.9 Å². The average molecular weight is 452 g/mol. The SMILES string of the molecule is C[C@H](NC(=O)c1ccc(-c2cc(-c3ccc(Cl)cc3)[nH]n2)cc1)c1cccc2ccccc12. The predicted molar refractivity (Wildman–Crippen MR) is 134 cm³/mol. The summed E-state index contributed by atoms with van der Waals surface area (Å²) in [4.78, 5) is 12.9. The molecule has 1 atom stereocenters. The van der Waals surface area contributed by atoms with Gasteiger partial charge in [0.15, 0.2) is 0 Å². The van der Waals surface area contributed by atoms with Gasteiger partial charge in [0.1, 0.15) is 0 Å². The molecule has 2 N–H and O–H groups in total. The number of fused-ring (bicyclic) bond motifs is 1. The normalized spacial score (nSPS) is 11.9. The van der Waals surface area contributed by atoms with Crippen LogP contribution < -0.4 is 5.32 Å². The second-order valence-electron chi connectivity index (χ2n) is 8.01. The van der Waals surface area contributed by atoms with Crippen molar-refractivity contribution in [2.45, 2.75) is 13.0 Å². The van der Waals surface area contributed by atoms with Crippen LogP contribution in [0.25, 0.3) is 33.3 Å². The molecule has 0 unspecified atom stereocenters. The molecular weight excluding hydrogens is 430 g/mol. The zero-order chi connectivity index (χ0) is 22.8. The standard InChI is InChI=1S/C28H22ClN3O/c1-18(24-8-4-6-19-5-2-3-7-25(19)24)30-28(33)22-11-9-20(10-12-22)26-17-27(32-31-26)21-13-15-23(29)16-14-21/h2-18H,1H3,(H,30,33)(H,31,32)/t18-/m0/s1. The van der Waals surface area contributed by atoms with Gasteiger partial charge in [0, 0.05) is 16.1 Å². The molecular formula is C28H22ClN3O. The molecule has 0 radical (unpaired) electrons. The molecule has 0 bridgehead atoms. The Morgan fingerprint density at radius 1 is 0.879 bits per heavy atom. The molecule has 5 heteroatoms. The topological polar surface area (TPSA) is 57.8 Å². The van der Waals surface area contributed by atoms with Gasteiger partial charge in [-0.2, -0.15) is 5.10 Å². The summed E-state index contributed by atoms with van der Waals surface area (Å²) in [6.45, 7) is 2.01. The van der Waals surface area contributed by atoms with E-state index < -0.39 is 0 Å². The van der Waals surface area contributed by atoms with Crippen LogP contribution in [0, 0.1) is 0 Å². The molecule has 1 amide bonds. The Bertz CT molecular complexity index is 1420. The zero-order valence-corrected chi connectivity index (χ0v) is 18.8. The maximum Gasteiger partial charge on any atom is 0.251 e. The molecule has 1 heterocycles. The smallest absolute Gasteiger partial charge is 0.251 e. The Kier molecular flexibility index (Phi) is 5.68. The summed E-state index contributed by atoms with van der Waals surface area (Å²) in [6, 6.07) is 31.3. The minimum atomic E-state index is -0.114. The highest BCUT2D eigenvalue weighted by atomic mass is 35.5. The molecule has 5 rings (SSSR count). The van der Waals surface area contributed by atoms with E-state index in [9.17, 15) is 4.79 Å². The lowest BCUT2D eigenvalue weighted by Crippen LogP contribution is -2.26. The van der Waals surface area contributed by atoms with Gasteiger partial charge in [0.25, 0.3) is 5.91 Å². The van der Waals surface area contributed by atoms with Crippen LogP contribution in [0.4, 0.5) is 0 Å². The Morgan fingerprint density at radius 3 is 2.36 bits per heavy atom. The van der Waals surface area contributed by atoms with Crippen molar-refractivity contribution >= 4 is 28.3 Å². The summed E-state index contributed by atoms with van der Waals surface area (Å²) < 4.78 is 0. The van der Waals surface area contributed by atoms with Gasteiger partial charge < -0.3 is 5.32 Å². The quantitative estimate of drug-likeness (QED) is 0.301. The van der Waals surface area contributed by atoms with E-state index in [1.54, 1.807) is 0 Å². The van der Waals surface area contributed by atoms with Crippen LogP contribution in [0.5, 0.6) is 0 Å². The van der Waals surface area contributed by atoms with Gasteiger partial charge in [-0.05, 0) is 59.2 Å². The molecule has 0 saturated heterocycles. The van der Waals surface area contributed by atoms with Crippen molar-refractivity contribution in [3.8, 4) is 22.5 Å². The van der Waals surface area contributed by atoms with Crippen molar-refractivity contribution < 1.29 is 4.79 Å². The number of nitrogens with one attached hydrogen (secondary N) is 2. The highest BCUT2D eigenvalue weighted by Crippen LogP contribution is 2.26. The van der Waals surface area contributed by atoms with E-state index in [1.165, 1.54) is 0 Å². The van der Waals surface area contributed by atoms with E-state index in [1.807, 2.05) is 79.7 Å². The van der Waals surface area contributed by atoms with Gasteiger partial charge in [-0.1, -0.05) is 78.3 Å². The summed E-state index contributed by atoms with van der Waals surface area (Å²) in [7, 11) is 0. The van der Waals surface area contributed by atoms with Gasteiger partial charge in [-0.15, -0.1) is 0 Å². The molecule has 0 spiro atoms. The fourth-order valence-corrected chi connectivity index (χ4v) is 4.15. The summed E-state index contributed by atoms with van der Waals surface area (Å²) in [5.41, 5.74) is 5.38. The largest absolute Gasteiger partial charge is 0.345 e. The number of nitrogens with zero attached hydrogens (tertiary/aromatic N) is 1. The molecule has 162 valence electrons. The second kappa shape index (κ2) is 8.93. The van der Waals surface area contributed by atoms with Crippen molar-refractivity contribution in [1.29, 1.82) is 0 Å². The van der Waals surface area contributed by atoms with Crippen LogP contribution in [0.3, 0.4) is 0 Å². The Morgan fingerprint density at radius 2 is 1.58 bits per heavy atom. The molecule has 1 aromatic heterocycles. The van der Waals surface area contributed by atoms with E-state index in [4.69, 9.17) is 11.6 Å². The van der Waals surface area contributed by atoms with Crippen LogP contribution in [-0.2, 0) is 0 Å². The first-order valence-electron chi connectivity index (χ1n) is 10.8. The predicted octanol–water partition coefficient (Wildman–Crippen LogP) is 7.04. The number of amides is 1. The van der Waals surface area contributed by atoms with Crippen LogP contribution in [0.15, 0.2) is 97.1 Å². The van der Waals surface area contributed by atoms with Crippen molar-refractivity contribution in [2.24, 2.45) is 0 Å². The average Bonchev–Trinajstić information content (AvgIpc) is 3.34. The maximum absolute atomic E-state index is 12.9. The number of benzene rings is 4.